The van der Waals surface area contributed by atoms with Crippen molar-refractivity contribution in [1.29, 1.82) is 0 Å². The number of anilines is 2. The van der Waals surface area contributed by atoms with Crippen molar-refractivity contribution in [1.82, 2.24) is 14.9 Å². The standard InChI is InChI=1S/C32H34FN5O5/c1-3-28(40)38-14-23(42-2)13-22(38)16-43-30-29(35-17-36-31(30)34)25-11-21(33)12-27(26(25)15-39)37-9-8-20-10-19(18-4-5-18)6-7-24(20)32(37)41/h3,6-7,10-12,17-18,22-23,39H,1,4-5,8-9,13-16H2,2H3,(H2,34,35,36)/t22?,23-/m1/s1. The minimum absolute atomic E-state index is 0.0111. The van der Waals surface area contributed by atoms with Gasteiger partial charge in [-0.05, 0) is 67.0 Å². The largest absolute Gasteiger partial charge is 0.485 e. The molecule has 2 aromatic carbocycles. The second-order valence-corrected chi connectivity index (χ2v) is 11.2. The van der Waals surface area contributed by atoms with Crippen LogP contribution in [0.2, 0.25) is 0 Å². The number of aliphatic hydroxyl groups is 1. The number of hydrogen-bond acceptors (Lipinski definition) is 8. The van der Waals surface area contributed by atoms with Crippen LogP contribution < -0.4 is 15.4 Å². The molecule has 3 N–H and O–H groups in total. The summed E-state index contributed by atoms with van der Waals surface area (Å²) in [5.41, 5.74) is 9.99. The monoisotopic (exact) mass is 587 g/mol. The van der Waals surface area contributed by atoms with E-state index in [1.54, 1.807) is 12.0 Å². The lowest BCUT2D eigenvalue weighted by Gasteiger charge is -2.31. The molecule has 1 aliphatic carbocycles. The number of aliphatic hydroxyl groups excluding tert-OH is 1. The lowest BCUT2D eigenvalue weighted by molar-refractivity contribution is -0.127. The van der Waals surface area contributed by atoms with Gasteiger partial charge in [-0.2, -0.15) is 0 Å². The summed E-state index contributed by atoms with van der Waals surface area (Å²) in [5.74, 6) is -0.452. The number of aromatic nitrogens is 2. The fourth-order valence-electron chi connectivity index (χ4n) is 6.14. The van der Waals surface area contributed by atoms with E-state index in [0.717, 1.165) is 5.56 Å². The number of carbonyl (C=O) groups is 2. The van der Waals surface area contributed by atoms with E-state index in [1.807, 2.05) is 12.1 Å². The van der Waals surface area contributed by atoms with E-state index in [9.17, 15) is 14.7 Å². The van der Waals surface area contributed by atoms with Gasteiger partial charge in [-0.15, -0.1) is 0 Å². The Bertz CT molecular complexity index is 1590. The van der Waals surface area contributed by atoms with Gasteiger partial charge >= 0.3 is 0 Å². The molecule has 0 spiro atoms. The molecule has 6 rings (SSSR count). The van der Waals surface area contributed by atoms with Crippen LogP contribution in [-0.2, 0) is 22.6 Å². The molecule has 3 aromatic rings. The Balaban J connectivity index is 1.33. The molecule has 1 saturated carbocycles. The van der Waals surface area contributed by atoms with E-state index in [2.05, 4.69) is 22.6 Å². The number of benzene rings is 2. The SMILES string of the molecule is C=CC(=O)N1C[C@H](OC)CC1COc1c(N)ncnc1-c1cc(F)cc(N2CCc3cc(C4CC4)ccc3C2=O)c1CO. The second-order valence-electron chi connectivity index (χ2n) is 11.2. The first-order valence-corrected chi connectivity index (χ1v) is 14.4. The van der Waals surface area contributed by atoms with Crippen molar-refractivity contribution in [2.45, 2.75) is 50.4 Å². The summed E-state index contributed by atoms with van der Waals surface area (Å²) >= 11 is 0. The van der Waals surface area contributed by atoms with Crippen LogP contribution in [0.3, 0.4) is 0 Å². The third kappa shape index (κ3) is 5.46. The molecule has 2 fully saturated rings. The normalized spacial score (nSPS) is 19.8. The van der Waals surface area contributed by atoms with Crippen molar-refractivity contribution in [3.8, 4) is 17.0 Å². The highest BCUT2D eigenvalue weighted by molar-refractivity contribution is 6.09. The van der Waals surface area contributed by atoms with Crippen molar-refractivity contribution in [2.75, 3.05) is 37.4 Å². The zero-order valence-corrected chi connectivity index (χ0v) is 24.0. The Labute approximate surface area is 248 Å². The number of fused-ring (bicyclic) bond motifs is 1. The van der Waals surface area contributed by atoms with E-state index >= 15 is 4.39 Å². The number of halogens is 1. The maximum absolute atomic E-state index is 15.3. The molecule has 224 valence electrons. The molecule has 0 radical (unpaired) electrons. The lowest BCUT2D eigenvalue weighted by atomic mass is 9.93. The number of rotatable bonds is 9. The molecule has 2 atom stereocenters. The van der Waals surface area contributed by atoms with Crippen LogP contribution in [0.25, 0.3) is 11.3 Å². The Morgan fingerprint density at radius 3 is 2.77 bits per heavy atom. The summed E-state index contributed by atoms with van der Waals surface area (Å²) in [7, 11) is 1.58. The number of nitrogens with two attached hydrogens (primary N) is 1. The summed E-state index contributed by atoms with van der Waals surface area (Å²) in [6, 6.07) is 8.11. The number of methoxy groups -OCH3 is 1. The Morgan fingerprint density at radius 1 is 1.23 bits per heavy atom. The predicted octanol–water partition coefficient (Wildman–Crippen LogP) is 3.62. The molecule has 1 aromatic heterocycles. The summed E-state index contributed by atoms with van der Waals surface area (Å²) in [5, 5.41) is 10.6. The second kappa shape index (κ2) is 11.7. The maximum atomic E-state index is 15.3. The molecule has 1 saturated heterocycles. The zero-order chi connectivity index (χ0) is 30.2. The minimum Gasteiger partial charge on any atom is -0.485 e. The smallest absolute Gasteiger partial charge is 0.258 e. The third-order valence-electron chi connectivity index (χ3n) is 8.57. The first kappa shape index (κ1) is 28.8. The first-order chi connectivity index (χ1) is 20.8. The highest BCUT2D eigenvalue weighted by Crippen LogP contribution is 2.42. The van der Waals surface area contributed by atoms with Crippen molar-refractivity contribution in [3.05, 3.63) is 77.4 Å². The number of likely N-dealkylation sites (tertiary alicyclic amines) is 1. The molecular weight excluding hydrogens is 553 g/mol. The number of nitrogen functional groups attached to an aromatic ring is 1. The maximum Gasteiger partial charge on any atom is 0.258 e. The van der Waals surface area contributed by atoms with E-state index in [-0.39, 0.29) is 59.1 Å². The third-order valence-corrected chi connectivity index (χ3v) is 8.57. The van der Waals surface area contributed by atoms with Crippen LogP contribution in [0, 0.1) is 5.82 Å². The molecule has 3 aliphatic rings. The van der Waals surface area contributed by atoms with Gasteiger partial charge in [0.25, 0.3) is 5.91 Å². The Morgan fingerprint density at radius 2 is 2.05 bits per heavy atom. The zero-order valence-electron chi connectivity index (χ0n) is 24.0. The Kier molecular flexibility index (Phi) is 7.85. The fourth-order valence-corrected chi connectivity index (χ4v) is 6.14. The lowest BCUT2D eigenvalue weighted by Crippen LogP contribution is -2.38. The molecule has 11 heteroatoms. The molecule has 3 heterocycles. The highest BCUT2D eigenvalue weighted by atomic mass is 19.1. The van der Waals surface area contributed by atoms with E-state index in [4.69, 9.17) is 15.2 Å². The van der Waals surface area contributed by atoms with Crippen LogP contribution in [0.1, 0.15) is 52.2 Å². The van der Waals surface area contributed by atoms with E-state index in [0.29, 0.717) is 43.0 Å². The van der Waals surface area contributed by atoms with E-state index < -0.39 is 12.4 Å². The van der Waals surface area contributed by atoms with Crippen molar-refractivity contribution in [2.24, 2.45) is 0 Å². The number of amides is 2. The fraction of sp³-hybridized carbons (Fsp3) is 0.375. The van der Waals surface area contributed by atoms with E-state index in [1.165, 1.54) is 47.8 Å². The van der Waals surface area contributed by atoms with Crippen LogP contribution in [0.4, 0.5) is 15.9 Å². The van der Waals surface area contributed by atoms with Gasteiger partial charge in [-0.1, -0.05) is 18.7 Å². The Hall–Kier alpha value is -4.35. The van der Waals surface area contributed by atoms with Gasteiger partial charge in [0.05, 0.1) is 24.4 Å². The van der Waals surface area contributed by atoms with Gasteiger partial charge in [0.15, 0.2) is 11.6 Å². The molecular formula is C32H34FN5O5. The van der Waals surface area contributed by atoms with Gasteiger partial charge in [0.2, 0.25) is 5.91 Å². The molecule has 43 heavy (non-hydrogen) atoms. The van der Waals surface area contributed by atoms with Gasteiger partial charge in [0.1, 0.15) is 24.4 Å². The molecule has 2 amide bonds. The van der Waals surface area contributed by atoms with Gasteiger partial charge in [0, 0.05) is 36.9 Å². The number of nitrogens with zero attached hydrogens (tertiary/aromatic N) is 4. The highest BCUT2D eigenvalue weighted by Gasteiger charge is 2.36. The topological polar surface area (TPSA) is 131 Å². The van der Waals surface area contributed by atoms with Crippen LogP contribution in [0.5, 0.6) is 5.75 Å². The average Bonchev–Trinajstić information content (AvgIpc) is 3.79. The molecule has 0 bridgehead atoms. The summed E-state index contributed by atoms with van der Waals surface area (Å²) in [6.07, 6.45) is 5.79. The summed E-state index contributed by atoms with van der Waals surface area (Å²) in [4.78, 5) is 37.7. The van der Waals surface area contributed by atoms with Crippen LogP contribution in [-0.4, -0.2) is 70.7 Å². The minimum atomic E-state index is -0.616. The number of ether oxygens (including phenoxy) is 2. The van der Waals surface area contributed by atoms with Gasteiger partial charge < -0.3 is 30.1 Å². The number of carbonyl (C=O) groups excluding carboxylic acids is 2. The summed E-state index contributed by atoms with van der Waals surface area (Å²) in [6.45, 7) is 3.86. The molecule has 1 unspecified atom stereocenters. The molecule has 10 nitrogen and oxygen atoms in total. The quantitative estimate of drug-likeness (QED) is 0.363. The molecule has 2 aliphatic heterocycles. The number of hydrogen-bond donors (Lipinski definition) is 2. The van der Waals surface area contributed by atoms with Gasteiger partial charge in [-0.25, -0.2) is 14.4 Å². The van der Waals surface area contributed by atoms with Crippen LogP contribution in [0.15, 0.2) is 49.3 Å². The van der Waals surface area contributed by atoms with Crippen molar-refractivity contribution < 1.29 is 28.6 Å². The van der Waals surface area contributed by atoms with Gasteiger partial charge in [-0.3, -0.25) is 9.59 Å². The summed E-state index contributed by atoms with van der Waals surface area (Å²) < 4.78 is 26.9. The van der Waals surface area contributed by atoms with Crippen molar-refractivity contribution >= 4 is 23.3 Å². The van der Waals surface area contributed by atoms with Crippen molar-refractivity contribution in [3.63, 3.8) is 0 Å². The van der Waals surface area contributed by atoms with Crippen LogP contribution >= 0.6 is 0 Å². The average molecular weight is 588 g/mol. The predicted molar refractivity (Wildman–Crippen MR) is 158 cm³/mol. The first-order valence-electron chi connectivity index (χ1n) is 14.4.